The number of rotatable bonds is 6. The molecule has 4 rings (SSSR count). The van der Waals surface area contributed by atoms with Gasteiger partial charge in [-0.15, -0.1) is 0 Å². The molecule has 2 aliphatic heterocycles. The molecule has 1 amide bonds. The van der Waals surface area contributed by atoms with Gasteiger partial charge in [0, 0.05) is 45.5 Å². The Bertz CT molecular complexity index is 1040. The van der Waals surface area contributed by atoms with E-state index in [1.165, 1.54) is 16.8 Å². The van der Waals surface area contributed by atoms with Crippen LogP contribution >= 0.6 is 0 Å². The maximum atomic E-state index is 12.9. The van der Waals surface area contributed by atoms with Gasteiger partial charge in [-0.05, 0) is 30.9 Å². The number of sulfonamides is 1. The van der Waals surface area contributed by atoms with Gasteiger partial charge in [0.25, 0.3) is 10.0 Å². The molecule has 3 heterocycles. The summed E-state index contributed by atoms with van der Waals surface area (Å²) in [5.74, 6) is 1.32. The molecule has 0 aliphatic carbocycles. The van der Waals surface area contributed by atoms with Crippen molar-refractivity contribution in [1.82, 2.24) is 18.8 Å². The van der Waals surface area contributed by atoms with Gasteiger partial charge in [-0.3, -0.25) is 4.79 Å². The molecule has 2 fully saturated rings. The van der Waals surface area contributed by atoms with Gasteiger partial charge in [0.2, 0.25) is 5.91 Å². The molecule has 2 saturated heterocycles. The van der Waals surface area contributed by atoms with E-state index in [0.29, 0.717) is 45.2 Å². The highest BCUT2D eigenvalue weighted by Crippen LogP contribution is 2.28. The minimum atomic E-state index is -3.61. The number of anilines is 1. The number of aromatic nitrogens is 2. The van der Waals surface area contributed by atoms with Crippen molar-refractivity contribution >= 4 is 21.6 Å². The predicted molar refractivity (Wildman–Crippen MR) is 121 cm³/mol. The quantitative estimate of drug-likeness (QED) is 0.650. The average Bonchev–Trinajstić information content (AvgIpc) is 3.29. The maximum absolute atomic E-state index is 12.9. The maximum Gasteiger partial charge on any atom is 0.262 e. The van der Waals surface area contributed by atoms with Crippen molar-refractivity contribution in [2.24, 2.45) is 5.92 Å². The highest BCUT2D eigenvalue weighted by molar-refractivity contribution is 7.89. The van der Waals surface area contributed by atoms with Gasteiger partial charge in [-0.25, -0.2) is 13.4 Å². The van der Waals surface area contributed by atoms with E-state index < -0.39 is 10.0 Å². The first kappa shape index (κ1) is 22.6. The fourth-order valence-electron chi connectivity index (χ4n) is 4.26. The SMILES string of the molecule is COc1ccccc1N1CCN(C(=O)Cn2cnc(S(=O)(=O)N3CCC(C)CC3)c2)CC1. The van der Waals surface area contributed by atoms with Crippen molar-refractivity contribution in [3.63, 3.8) is 0 Å². The Kier molecular flexibility index (Phi) is 6.71. The first-order valence-electron chi connectivity index (χ1n) is 11.1. The zero-order chi connectivity index (χ0) is 22.7. The molecule has 10 heteroatoms. The molecule has 0 saturated carbocycles. The molecule has 32 heavy (non-hydrogen) atoms. The lowest BCUT2D eigenvalue weighted by atomic mass is 10.0. The summed E-state index contributed by atoms with van der Waals surface area (Å²) in [6, 6.07) is 7.87. The van der Waals surface area contributed by atoms with Crippen molar-refractivity contribution in [1.29, 1.82) is 0 Å². The van der Waals surface area contributed by atoms with Crippen molar-refractivity contribution in [2.75, 3.05) is 51.3 Å². The first-order chi connectivity index (χ1) is 15.4. The number of ether oxygens (including phenoxy) is 1. The van der Waals surface area contributed by atoms with E-state index in [1.807, 2.05) is 29.2 Å². The van der Waals surface area contributed by atoms with Gasteiger partial charge in [-0.1, -0.05) is 19.1 Å². The van der Waals surface area contributed by atoms with Crippen LogP contribution in [0.25, 0.3) is 0 Å². The Morgan fingerprint density at radius 1 is 1.09 bits per heavy atom. The summed E-state index contributed by atoms with van der Waals surface area (Å²) in [5.41, 5.74) is 1.03. The van der Waals surface area contributed by atoms with E-state index >= 15 is 0 Å². The molecule has 2 aromatic rings. The van der Waals surface area contributed by atoms with Crippen molar-refractivity contribution in [2.45, 2.75) is 31.3 Å². The van der Waals surface area contributed by atoms with Gasteiger partial charge >= 0.3 is 0 Å². The van der Waals surface area contributed by atoms with Gasteiger partial charge in [0.15, 0.2) is 5.03 Å². The number of methoxy groups -OCH3 is 1. The van der Waals surface area contributed by atoms with Crippen LogP contribution in [0.4, 0.5) is 5.69 Å². The molecule has 0 spiro atoms. The van der Waals surface area contributed by atoms with E-state index in [-0.39, 0.29) is 17.5 Å². The molecule has 1 aromatic carbocycles. The summed E-state index contributed by atoms with van der Waals surface area (Å²) in [4.78, 5) is 20.9. The monoisotopic (exact) mass is 461 g/mol. The Morgan fingerprint density at radius 2 is 1.78 bits per heavy atom. The van der Waals surface area contributed by atoms with Crippen molar-refractivity contribution in [3.8, 4) is 5.75 Å². The van der Waals surface area contributed by atoms with Crippen LogP contribution in [0.1, 0.15) is 19.8 Å². The van der Waals surface area contributed by atoms with Gasteiger partial charge in [0.1, 0.15) is 12.3 Å². The van der Waals surface area contributed by atoms with Gasteiger partial charge < -0.3 is 19.1 Å². The Morgan fingerprint density at radius 3 is 2.47 bits per heavy atom. The van der Waals surface area contributed by atoms with Gasteiger partial charge in [-0.2, -0.15) is 4.31 Å². The molecule has 0 radical (unpaired) electrons. The number of hydrogen-bond donors (Lipinski definition) is 0. The van der Waals surface area contributed by atoms with E-state index in [0.717, 1.165) is 24.3 Å². The Labute approximate surface area is 189 Å². The molecular formula is C22H31N5O4S. The molecule has 0 bridgehead atoms. The summed E-state index contributed by atoms with van der Waals surface area (Å²) in [6.07, 6.45) is 4.62. The van der Waals surface area contributed by atoms with E-state index in [9.17, 15) is 13.2 Å². The topological polar surface area (TPSA) is 88.0 Å². The molecule has 1 aromatic heterocycles. The van der Waals surface area contributed by atoms with Crippen LogP contribution in [0.15, 0.2) is 41.8 Å². The summed E-state index contributed by atoms with van der Waals surface area (Å²) in [7, 11) is -1.96. The number of nitrogens with zero attached hydrogens (tertiary/aromatic N) is 5. The summed E-state index contributed by atoms with van der Waals surface area (Å²) >= 11 is 0. The average molecular weight is 462 g/mol. The molecule has 2 aliphatic rings. The van der Waals surface area contributed by atoms with Crippen LogP contribution in [0.5, 0.6) is 5.75 Å². The largest absolute Gasteiger partial charge is 0.495 e. The lowest BCUT2D eigenvalue weighted by Crippen LogP contribution is -2.49. The highest BCUT2D eigenvalue weighted by atomic mass is 32.2. The first-order valence-corrected chi connectivity index (χ1v) is 12.5. The number of piperazine rings is 1. The second-order valence-electron chi connectivity index (χ2n) is 8.51. The minimum absolute atomic E-state index is 0.0147. The number of carbonyl (C=O) groups excluding carboxylic acids is 1. The van der Waals surface area contributed by atoms with Crippen LogP contribution in [0.2, 0.25) is 0 Å². The third-order valence-electron chi connectivity index (χ3n) is 6.33. The molecule has 0 unspecified atom stereocenters. The normalized spacial score (nSPS) is 18.7. The lowest BCUT2D eigenvalue weighted by Gasteiger charge is -2.36. The second kappa shape index (κ2) is 9.50. The van der Waals surface area contributed by atoms with Crippen LogP contribution in [0.3, 0.4) is 0 Å². The lowest BCUT2D eigenvalue weighted by molar-refractivity contribution is -0.132. The molecule has 0 N–H and O–H groups in total. The van der Waals surface area contributed by atoms with E-state index in [4.69, 9.17) is 4.74 Å². The van der Waals surface area contributed by atoms with Crippen LogP contribution in [0, 0.1) is 5.92 Å². The van der Waals surface area contributed by atoms with Crippen LogP contribution in [-0.4, -0.2) is 79.5 Å². The number of imidazole rings is 1. The third kappa shape index (κ3) is 4.75. The fourth-order valence-corrected chi connectivity index (χ4v) is 5.67. The molecule has 0 atom stereocenters. The van der Waals surface area contributed by atoms with Crippen molar-refractivity contribution < 1.29 is 17.9 Å². The third-order valence-corrected chi connectivity index (χ3v) is 8.12. The number of amides is 1. The molecule has 174 valence electrons. The number of carbonyl (C=O) groups is 1. The second-order valence-corrected chi connectivity index (χ2v) is 10.4. The number of piperidine rings is 1. The summed E-state index contributed by atoms with van der Waals surface area (Å²) < 4.78 is 34.2. The molecular weight excluding hydrogens is 430 g/mol. The van der Waals surface area contributed by atoms with Gasteiger partial charge in [0.05, 0.1) is 19.1 Å². The standard InChI is InChI=1S/C22H31N5O4S/c1-18-7-9-27(10-8-18)32(29,30)21-15-24(17-23-21)16-22(28)26-13-11-25(12-14-26)19-5-3-4-6-20(19)31-2/h3-6,15,17-18H,7-14,16H2,1-2H3. The van der Waals surface area contributed by atoms with Crippen molar-refractivity contribution in [3.05, 3.63) is 36.8 Å². The summed E-state index contributed by atoms with van der Waals surface area (Å²) in [5, 5.41) is 0.0147. The smallest absolute Gasteiger partial charge is 0.262 e. The Hall–Kier alpha value is -2.59. The minimum Gasteiger partial charge on any atom is -0.495 e. The fraction of sp³-hybridized carbons (Fsp3) is 0.545. The van der Waals surface area contributed by atoms with Crippen LogP contribution < -0.4 is 9.64 Å². The number of para-hydroxylation sites is 2. The predicted octanol–water partition coefficient (Wildman–Crippen LogP) is 1.66. The van der Waals surface area contributed by atoms with E-state index in [2.05, 4.69) is 16.8 Å². The highest BCUT2D eigenvalue weighted by Gasteiger charge is 2.30. The summed E-state index contributed by atoms with van der Waals surface area (Å²) in [6.45, 7) is 5.88. The Balaban J connectivity index is 1.34. The number of hydrogen-bond acceptors (Lipinski definition) is 6. The number of benzene rings is 1. The van der Waals surface area contributed by atoms with Crippen LogP contribution in [-0.2, 0) is 21.4 Å². The molecule has 9 nitrogen and oxygen atoms in total. The zero-order valence-corrected chi connectivity index (χ0v) is 19.5. The zero-order valence-electron chi connectivity index (χ0n) is 18.7. The van der Waals surface area contributed by atoms with E-state index in [1.54, 1.807) is 11.7 Å².